The van der Waals surface area contributed by atoms with Crippen molar-refractivity contribution in [3.8, 4) is 5.75 Å². The number of aryl methyl sites for hydroxylation is 3. The standard InChI is InChI=1S/C42H46N10O5/c1-25-6-5-7-26(2)37(25)46-38-32-23-43-41(47-39(32)49(3)48-38)44-31-10-8-30-24-51(18-14-28(30)21-31)36(54)20-27-12-16-50(17-13-27)40(55)29-9-11-34(57-4)33(22-29)52-19-15-35(53)45-42(52)56/h5-11,21-23,27H,12-20,24H2,1-4H3,(H,46,48)(H,43,44,47)(H,45,53,56). The number of urea groups is 1. The molecule has 2 saturated heterocycles. The van der Waals surface area contributed by atoms with E-state index in [2.05, 4.69) is 64.1 Å². The van der Waals surface area contributed by atoms with Crippen LogP contribution in [0, 0.1) is 19.8 Å². The number of methoxy groups -OCH3 is 1. The molecule has 15 heteroatoms. The molecule has 294 valence electrons. The first-order valence-corrected chi connectivity index (χ1v) is 19.3. The number of imide groups is 1. The van der Waals surface area contributed by atoms with Gasteiger partial charge in [0.15, 0.2) is 11.5 Å². The molecule has 15 nitrogen and oxygen atoms in total. The highest BCUT2D eigenvalue weighted by molar-refractivity contribution is 6.07. The Morgan fingerprint density at radius 2 is 1.70 bits per heavy atom. The highest BCUT2D eigenvalue weighted by Crippen LogP contribution is 2.33. The van der Waals surface area contributed by atoms with Crippen LogP contribution >= 0.6 is 0 Å². The molecular formula is C42H46N10O5. The van der Waals surface area contributed by atoms with Gasteiger partial charge in [0, 0.05) is 75.7 Å². The lowest BCUT2D eigenvalue weighted by atomic mass is 9.91. The molecule has 3 aliphatic rings. The molecule has 0 saturated carbocycles. The summed E-state index contributed by atoms with van der Waals surface area (Å²) in [5.41, 5.74) is 8.08. The van der Waals surface area contributed by atoms with Crippen molar-refractivity contribution in [2.24, 2.45) is 13.0 Å². The Morgan fingerprint density at radius 1 is 0.912 bits per heavy atom. The molecule has 0 spiro atoms. The van der Waals surface area contributed by atoms with Gasteiger partial charge >= 0.3 is 6.03 Å². The second-order valence-corrected chi connectivity index (χ2v) is 15.0. The summed E-state index contributed by atoms with van der Waals surface area (Å²) in [6.07, 6.45) is 4.61. The molecule has 3 aromatic carbocycles. The molecule has 2 aromatic heterocycles. The maximum atomic E-state index is 13.5. The van der Waals surface area contributed by atoms with Crippen molar-refractivity contribution in [2.75, 3.05) is 48.8 Å². The number of ether oxygens (including phenoxy) is 1. The fourth-order valence-corrected chi connectivity index (χ4v) is 8.02. The number of nitrogens with zero attached hydrogens (tertiary/aromatic N) is 7. The fraction of sp³-hybridized carbons (Fsp3) is 0.357. The van der Waals surface area contributed by atoms with Gasteiger partial charge in [0.1, 0.15) is 5.75 Å². The average Bonchev–Trinajstić information content (AvgIpc) is 3.52. The van der Waals surface area contributed by atoms with Crippen LogP contribution in [0.4, 0.5) is 33.6 Å². The van der Waals surface area contributed by atoms with E-state index >= 15 is 0 Å². The largest absolute Gasteiger partial charge is 0.495 e. The van der Waals surface area contributed by atoms with E-state index in [1.807, 2.05) is 24.1 Å². The van der Waals surface area contributed by atoms with Gasteiger partial charge in [0.05, 0.1) is 18.2 Å². The lowest BCUT2D eigenvalue weighted by molar-refractivity contribution is -0.133. The van der Waals surface area contributed by atoms with Gasteiger partial charge < -0.3 is 25.2 Å². The Bertz CT molecular complexity index is 2380. The van der Waals surface area contributed by atoms with Crippen LogP contribution in [0.1, 0.15) is 58.3 Å². The number of para-hydroxylation sites is 1. The summed E-state index contributed by atoms with van der Waals surface area (Å²) in [6.45, 7) is 6.62. The van der Waals surface area contributed by atoms with Gasteiger partial charge in [-0.1, -0.05) is 24.3 Å². The van der Waals surface area contributed by atoms with E-state index in [0.29, 0.717) is 67.0 Å². The second kappa shape index (κ2) is 15.6. The van der Waals surface area contributed by atoms with Gasteiger partial charge in [-0.15, -0.1) is 0 Å². The molecule has 0 atom stereocenters. The molecular weight excluding hydrogens is 725 g/mol. The summed E-state index contributed by atoms with van der Waals surface area (Å²) in [5.74, 6) is 1.47. The molecule has 2 fully saturated rings. The maximum Gasteiger partial charge on any atom is 0.328 e. The molecule has 5 heterocycles. The predicted octanol–water partition coefficient (Wildman–Crippen LogP) is 5.75. The van der Waals surface area contributed by atoms with Crippen LogP contribution in [0.15, 0.2) is 60.8 Å². The minimum absolute atomic E-state index is 0.134. The van der Waals surface area contributed by atoms with Crippen molar-refractivity contribution in [1.82, 2.24) is 34.9 Å². The van der Waals surface area contributed by atoms with Gasteiger partial charge in [0.2, 0.25) is 17.8 Å². The van der Waals surface area contributed by atoms with Crippen molar-refractivity contribution in [3.63, 3.8) is 0 Å². The molecule has 0 radical (unpaired) electrons. The van der Waals surface area contributed by atoms with Crippen molar-refractivity contribution >= 4 is 63.6 Å². The van der Waals surface area contributed by atoms with Crippen molar-refractivity contribution in [1.29, 1.82) is 0 Å². The van der Waals surface area contributed by atoms with E-state index in [9.17, 15) is 19.2 Å². The minimum Gasteiger partial charge on any atom is -0.495 e. The van der Waals surface area contributed by atoms with Gasteiger partial charge in [-0.05, 0) is 91.6 Å². The van der Waals surface area contributed by atoms with Crippen LogP contribution in [0.5, 0.6) is 5.75 Å². The zero-order valence-electron chi connectivity index (χ0n) is 32.6. The SMILES string of the molecule is COc1ccc(C(=O)N2CCC(CC(=O)N3CCc4cc(Nc5ncc6c(Nc7c(C)cccc7C)nn(C)c6n5)ccc4C3)CC2)cc1N1CCC(=O)NC1=O. The molecule has 0 bridgehead atoms. The number of hydrogen-bond acceptors (Lipinski definition) is 10. The van der Waals surface area contributed by atoms with Crippen LogP contribution in [0.25, 0.3) is 11.0 Å². The summed E-state index contributed by atoms with van der Waals surface area (Å²) in [6, 6.07) is 16.8. The van der Waals surface area contributed by atoms with Gasteiger partial charge in [-0.25, -0.2) is 14.5 Å². The van der Waals surface area contributed by atoms with E-state index in [-0.39, 0.29) is 36.6 Å². The number of likely N-dealkylation sites (tertiary alicyclic amines) is 1. The van der Waals surface area contributed by atoms with Crippen molar-refractivity contribution in [2.45, 2.75) is 52.5 Å². The van der Waals surface area contributed by atoms with E-state index in [4.69, 9.17) is 9.72 Å². The summed E-state index contributed by atoms with van der Waals surface area (Å²) in [7, 11) is 3.37. The first-order valence-electron chi connectivity index (χ1n) is 19.3. The van der Waals surface area contributed by atoms with E-state index in [1.54, 1.807) is 34.0 Å². The van der Waals surface area contributed by atoms with E-state index in [0.717, 1.165) is 52.7 Å². The van der Waals surface area contributed by atoms with E-state index < -0.39 is 6.03 Å². The number of benzene rings is 3. The second-order valence-electron chi connectivity index (χ2n) is 15.0. The third-order valence-corrected chi connectivity index (χ3v) is 11.3. The lowest BCUT2D eigenvalue weighted by Gasteiger charge is -2.34. The Morgan fingerprint density at radius 3 is 2.46 bits per heavy atom. The maximum absolute atomic E-state index is 13.5. The Hall–Kier alpha value is -6.51. The number of fused-ring (bicyclic) bond motifs is 2. The van der Waals surface area contributed by atoms with E-state index in [1.165, 1.54) is 17.6 Å². The van der Waals surface area contributed by atoms with Crippen molar-refractivity contribution in [3.05, 3.63) is 88.6 Å². The number of hydrogen-bond donors (Lipinski definition) is 3. The molecule has 5 aromatic rings. The molecule has 8 rings (SSSR count). The van der Waals surface area contributed by atoms with Gasteiger partial charge in [0.25, 0.3) is 5.91 Å². The van der Waals surface area contributed by atoms with Crippen LogP contribution in [0.2, 0.25) is 0 Å². The zero-order valence-corrected chi connectivity index (χ0v) is 32.6. The first kappa shape index (κ1) is 37.4. The number of amides is 5. The number of rotatable bonds is 9. The average molecular weight is 771 g/mol. The lowest BCUT2D eigenvalue weighted by Crippen LogP contribution is -2.49. The molecule has 0 aliphatic carbocycles. The molecule has 5 amide bonds. The number of aromatic nitrogens is 4. The third-order valence-electron chi connectivity index (χ3n) is 11.3. The third kappa shape index (κ3) is 7.69. The van der Waals surface area contributed by atoms with Gasteiger partial charge in [-0.3, -0.25) is 24.6 Å². The quantitative estimate of drug-likeness (QED) is 0.168. The van der Waals surface area contributed by atoms with Crippen LogP contribution in [0.3, 0.4) is 0 Å². The van der Waals surface area contributed by atoms with Gasteiger partial charge in [-0.2, -0.15) is 10.1 Å². The summed E-state index contributed by atoms with van der Waals surface area (Å²) >= 11 is 0. The highest BCUT2D eigenvalue weighted by atomic mass is 16.5. The summed E-state index contributed by atoms with van der Waals surface area (Å²) in [4.78, 5) is 65.8. The highest BCUT2D eigenvalue weighted by Gasteiger charge is 2.31. The van der Waals surface area contributed by atoms with Crippen LogP contribution in [-0.2, 0) is 29.6 Å². The topological polar surface area (TPSA) is 167 Å². The number of carbonyl (C=O) groups is 4. The number of anilines is 5. The number of nitrogens with one attached hydrogen (secondary N) is 3. The molecule has 57 heavy (non-hydrogen) atoms. The summed E-state index contributed by atoms with van der Waals surface area (Å²) in [5, 5.41) is 14.7. The first-order chi connectivity index (χ1) is 27.5. The molecule has 3 N–H and O–H groups in total. The minimum atomic E-state index is -0.541. The molecule has 3 aliphatic heterocycles. The fourth-order valence-electron chi connectivity index (χ4n) is 8.02. The monoisotopic (exact) mass is 770 g/mol. The zero-order chi connectivity index (χ0) is 39.8. The Labute approximate surface area is 330 Å². The number of carbonyl (C=O) groups excluding carboxylic acids is 4. The number of piperidine rings is 1. The normalized spacial score (nSPS) is 16.0. The summed E-state index contributed by atoms with van der Waals surface area (Å²) < 4.78 is 7.21. The van der Waals surface area contributed by atoms with Crippen LogP contribution < -0.4 is 25.6 Å². The Balaban J connectivity index is 0.848. The smallest absolute Gasteiger partial charge is 0.328 e. The molecule has 0 unspecified atom stereocenters. The van der Waals surface area contributed by atoms with Crippen LogP contribution in [-0.4, -0.2) is 86.6 Å². The Kier molecular flexibility index (Phi) is 10.2. The predicted molar refractivity (Wildman–Crippen MR) is 216 cm³/mol. The van der Waals surface area contributed by atoms with Crippen molar-refractivity contribution < 1.29 is 23.9 Å².